The van der Waals surface area contributed by atoms with E-state index in [0.717, 1.165) is 31.5 Å². The predicted octanol–water partition coefficient (Wildman–Crippen LogP) is 2.16. The molecule has 1 fully saturated rings. The molecule has 1 aliphatic heterocycles. The summed E-state index contributed by atoms with van der Waals surface area (Å²) in [5.41, 5.74) is 7.62. The second kappa shape index (κ2) is 6.66. The van der Waals surface area contributed by atoms with Gasteiger partial charge in [-0.2, -0.15) is 0 Å². The van der Waals surface area contributed by atoms with Gasteiger partial charge in [-0.3, -0.25) is 4.90 Å². The van der Waals surface area contributed by atoms with Crippen LogP contribution in [0.3, 0.4) is 0 Å². The van der Waals surface area contributed by atoms with Gasteiger partial charge in [0.25, 0.3) is 0 Å². The molecule has 1 atom stereocenters. The molecule has 3 nitrogen and oxygen atoms in total. The van der Waals surface area contributed by atoms with Crippen LogP contribution in [0, 0.1) is 12.7 Å². The minimum Gasteiger partial charge on any atom is -0.329 e. The minimum atomic E-state index is -0.141. The number of halogens is 1. The van der Waals surface area contributed by atoms with E-state index in [1.807, 2.05) is 12.1 Å². The largest absolute Gasteiger partial charge is 0.329 e. The number of likely N-dealkylation sites (N-methyl/N-ethyl adjacent to an activating group) is 1. The van der Waals surface area contributed by atoms with Crippen molar-refractivity contribution < 1.29 is 4.39 Å². The zero-order valence-electron chi connectivity index (χ0n) is 12.8. The SMILES string of the molecule is Cc1ccc(C(CN)N(C)C2CCN(C)CC2)cc1F. The Bertz CT molecular complexity index is 441. The summed E-state index contributed by atoms with van der Waals surface area (Å²) in [6.07, 6.45) is 2.30. The number of hydrogen-bond acceptors (Lipinski definition) is 3. The highest BCUT2D eigenvalue weighted by Gasteiger charge is 2.26. The van der Waals surface area contributed by atoms with Crippen LogP contribution < -0.4 is 5.73 Å². The van der Waals surface area contributed by atoms with Crippen molar-refractivity contribution in [2.24, 2.45) is 5.73 Å². The Morgan fingerprint density at radius 1 is 1.40 bits per heavy atom. The summed E-state index contributed by atoms with van der Waals surface area (Å²) < 4.78 is 13.8. The maximum absolute atomic E-state index is 13.8. The van der Waals surface area contributed by atoms with Gasteiger partial charge >= 0.3 is 0 Å². The highest BCUT2D eigenvalue weighted by Crippen LogP contribution is 2.26. The molecule has 1 aliphatic rings. The lowest BCUT2D eigenvalue weighted by Crippen LogP contribution is -2.45. The van der Waals surface area contributed by atoms with E-state index in [4.69, 9.17) is 5.73 Å². The third-order valence-corrected chi connectivity index (χ3v) is 4.56. The topological polar surface area (TPSA) is 32.5 Å². The second-order valence-corrected chi connectivity index (χ2v) is 5.96. The van der Waals surface area contributed by atoms with Crippen LogP contribution in [0.4, 0.5) is 4.39 Å². The molecule has 1 aromatic carbocycles. The van der Waals surface area contributed by atoms with E-state index in [0.29, 0.717) is 18.2 Å². The van der Waals surface area contributed by atoms with Gasteiger partial charge in [-0.1, -0.05) is 12.1 Å². The van der Waals surface area contributed by atoms with E-state index >= 15 is 0 Å². The molecule has 0 spiro atoms. The predicted molar refractivity (Wildman–Crippen MR) is 81.2 cm³/mol. The van der Waals surface area contributed by atoms with Crippen LogP contribution in [0.2, 0.25) is 0 Å². The Labute approximate surface area is 121 Å². The molecule has 0 radical (unpaired) electrons. The summed E-state index contributed by atoms with van der Waals surface area (Å²) in [5, 5.41) is 0. The Morgan fingerprint density at radius 2 is 2.05 bits per heavy atom. The van der Waals surface area contributed by atoms with Crippen molar-refractivity contribution in [2.45, 2.75) is 31.8 Å². The van der Waals surface area contributed by atoms with Gasteiger partial charge in [0.2, 0.25) is 0 Å². The summed E-state index contributed by atoms with van der Waals surface area (Å²) >= 11 is 0. The molecule has 0 aliphatic carbocycles. The van der Waals surface area contributed by atoms with Crippen LogP contribution in [-0.4, -0.2) is 49.6 Å². The highest BCUT2D eigenvalue weighted by molar-refractivity contribution is 5.26. The summed E-state index contributed by atoms with van der Waals surface area (Å²) in [4.78, 5) is 4.68. The van der Waals surface area contributed by atoms with Gasteiger partial charge in [-0.25, -0.2) is 4.39 Å². The quantitative estimate of drug-likeness (QED) is 0.917. The number of rotatable bonds is 4. The van der Waals surface area contributed by atoms with Gasteiger partial charge in [0.1, 0.15) is 5.82 Å². The molecule has 112 valence electrons. The third kappa shape index (κ3) is 3.37. The maximum atomic E-state index is 13.8. The fourth-order valence-corrected chi connectivity index (χ4v) is 3.01. The Kier molecular flexibility index (Phi) is 5.13. The van der Waals surface area contributed by atoms with Crippen LogP contribution in [0.25, 0.3) is 0 Å². The molecule has 1 heterocycles. The standard InChI is InChI=1S/C16H26FN3/c1-12-4-5-13(10-15(12)17)16(11-18)20(3)14-6-8-19(2)9-7-14/h4-5,10,14,16H,6-9,11,18H2,1-3H3. The first-order valence-electron chi connectivity index (χ1n) is 7.39. The van der Waals surface area contributed by atoms with Crippen LogP contribution in [0.5, 0.6) is 0 Å². The van der Waals surface area contributed by atoms with E-state index in [1.54, 1.807) is 13.0 Å². The van der Waals surface area contributed by atoms with Gasteiger partial charge in [0.15, 0.2) is 0 Å². The van der Waals surface area contributed by atoms with E-state index < -0.39 is 0 Å². The molecule has 2 N–H and O–H groups in total. The smallest absolute Gasteiger partial charge is 0.126 e. The Balaban J connectivity index is 2.12. The highest BCUT2D eigenvalue weighted by atomic mass is 19.1. The molecule has 1 unspecified atom stereocenters. The normalized spacial score (nSPS) is 19.5. The van der Waals surface area contributed by atoms with Crippen molar-refractivity contribution in [3.8, 4) is 0 Å². The van der Waals surface area contributed by atoms with Gasteiger partial charge in [0, 0.05) is 18.6 Å². The van der Waals surface area contributed by atoms with Crippen LogP contribution >= 0.6 is 0 Å². The molecular weight excluding hydrogens is 253 g/mol. The summed E-state index contributed by atoms with van der Waals surface area (Å²) in [6, 6.07) is 6.11. The van der Waals surface area contributed by atoms with E-state index in [-0.39, 0.29) is 11.9 Å². The first kappa shape index (κ1) is 15.4. The number of likely N-dealkylation sites (tertiary alicyclic amines) is 1. The zero-order valence-corrected chi connectivity index (χ0v) is 12.8. The van der Waals surface area contributed by atoms with Gasteiger partial charge in [-0.15, -0.1) is 0 Å². The van der Waals surface area contributed by atoms with Crippen molar-refractivity contribution in [2.75, 3.05) is 33.7 Å². The van der Waals surface area contributed by atoms with Gasteiger partial charge in [0.05, 0.1) is 0 Å². The summed E-state index contributed by atoms with van der Waals surface area (Å²) in [7, 11) is 4.28. The van der Waals surface area contributed by atoms with Crippen molar-refractivity contribution in [1.29, 1.82) is 0 Å². The van der Waals surface area contributed by atoms with Gasteiger partial charge in [-0.05, 0) is 64.1 Å². The van der Waals surface area contributed by atoms with Crippen molar-refractivity contribution in [3.63, 3.8) is 0 Å². The lowest BCUT2D eigenvalue weighted by atomic mass is 9.98. The molecule has 0 aromatic heterocycles. The molecule has 1 saturated heterocycles. The first-order valence-corrected chi connectivity index (χ1v) is 7.39. The van der Waals surface area contributed by atoms with Crippen molar-refractivity contribution >= 4 is 0 Å². The van der Waals surface area contributed by atoms with Crippen LogP contribution in [0.1, 0.15) is 30.0 Å². The minimum absolute atomic E-state index is 0.0958. The number of aryl methyl sites for hydroxylation is 1. The Hall–Kier alpha value is -0.970. The van der Waals surface area contributed by atoms with Gasteiger partial charge < -0.3 is 10.6 Å². The number of hydrogen-bond donors (Lipinski definition) is 1. The molecule has 2 rings (SSSR count). The molecule has 0 amide bonds. The average Bonchev–Trinajstić information content (AvgIpc) is 2.44. The molecule has 0 bridgehead atoms. The van der Waals surface area contributed by atoms with E-state index in [9.17, 15) is 4.39 Å². The third-order valence-electron chi connectivity index (χ3n) is 4.56. The summed E-state index contributed by atoms with van der Waals surface area (Å²) in [5.74, 6) is -0.141. The van der Waals surface area contributed by atoms with E-state index in [2.05, 4.69) is 23.9 Å². The van der Waals surface area contributed by atoms with Crippen molar-refractivity contribution in [3.05, 3.63) is 35.1 Å². The maximum Gasteiger partial charge on any atom is 0.126 e. The fourth-order valence-electron chi connectivity index (χ4n) is 3.01. The van der Waals surface area contributed by atoms with Crippen LogP contribution in [-0.2, 0) is 0 Å². The van der Waals surface area contributed by atoms with E-state index in [1.165, 1.54) is 0 Å². The van der Waals surface area contributed by atoms with Crippen LogP contribution in [0.15, 0.2) is 18.2 Å². The number of nitrogens with two attached hydrogens (primary N) is 1. The number of benzene rings is 1. The van der Waals surface area contributed by atoms with Crippen molar-refractivity contribution in [1.82, 2.24) is 9.80 Å². The molecule has 4 heteroatoms. The second-order valence-electron chi connectivity index (χ2n) is 5.96. The first-order chi connectivity index (χ1) is 9.52. The molecule has 0 saturated carbocycles. The zero-order chi connectivity index (χ0) is 14.7. The number of nitrogens with zero attached hydrogens (tertiary/aromatic N) is 2. The molecule has 1 aromatic rings. The summed E-state index contributed by atoms with van der Waals surface area (Å²) in [6.45, 7) is 4.55. The average molecular weight is 279 g/mol. The monoisotopic (exact) mass is 279 g/mol. The fraction of sp³-hybridized carbons (Fsp3) is 0.625. The number of piperidine rings is 1. The lowest BCUT2D eigenvalue weighted by molar-refractivity contribution is 0.109. The Morgan fingerprint density at radius 3 is 2.60 bits per heavy atom. The molecular formula is C16H26FN3. The molecule has 20 heavy (non-hydrogen) atoms. The lowest BCUT2D eigenvalue weighted by Gasteiger charge is -2.39.